The maximum Gasteiger partial charge on any atom is 0.227 e. The number of nitrogens with one attached hydrogen (secondary N) is 2. The van der Waals surface area contributed by atoms with Crippen LogP contribution >= 0.6 is 0 Å². The fourth-order valence-electron chi connectivity index (χ4n) is 3.31. The van der Waals surface area contributed by atoms with E-state index in [0.717, 1.165) is 49.0 Å². The van der Waals surface area contributed by atoms with Crippen LogP contribution in [-0.4, -0.2) is 18.4 Å². The highest BCUT2D eigenvalue weighted by Gasteiger charge is 2.32. The Kier molecular flexibility index (Phi) is 4.66. The molecule has 0 heterocycles. The molecule has 2 atom stereocenters. The average Bonchev–Trinajstić information content (AvgIpc) is 3.28. The number of nitrogens with two attached hydrogens (primary N) is 1. The van der Waals surface area contributed by atoms with Gasteiger partial charge in [-0.05, 0) is 62.8 Å². The molecule has 1 aromatic rings. The first kappa shape index (κ1) is 16.0. The smallest absolute Gasteiger partial charge is 0.227 e. The molecule has 0 unspecified atom stereocenters. The van der Waals surface area contributed by atoms with E-state index < -0.39 is 0 Å². The van der Waals surface area contributed by atoms with Gasteiger partial charge in [-0.25, -0.2) is 0 Å². The lowest BCUT2D eigenvalue weighted by atomic mass is 9.95. The van der Waals surface area contributed by atoms with E-state index in [-0.39, 0.29) is 29.6 Å². The molecule has 2 aliphatic carbocycles. The molecular weight excluding hydrogens is 290 g/mol. The second-order valence-electron chi connectivity index (χ2n) is 6.82. The number of benzene rings is 1. The summed E-state index contributed by atoms with van der Waals surface area (Å²) in [6, 6.07) is 5.65. The van der Waals surface area contributed by atoms with Crippen molar-refractivity contribution >= 4 is 23.2 Å². The van der Waals surface area contributed by atoms with Crippen molar-refractivity contribution < 1.29 is 9.59 Å². The lowest BCUT2D eigenvalue weighted by Gasteiger charge is -2.18. The van der Waals surface area contributed by atoms with Crippen molar-refractivity contribution in [3.8, 4) is 0 Å². The third-order valence-corrected chi connectivity index (χ3v) is 5.01. The summed E-state index contributed by atoms with van der Waals surface area (Å²) in [5.41, 5.74) is 8.27. The Bertz CT molecular complexity index is 610. The third-order valence-electron chi connectivity index (χ3n) is 5.01. The number of carbonyl (C=O) groups excluding carboxylic acids is 2. The maximum absolute atomic E-state index is 12.5. The molecule has 0 radical (unpaired) electrons. The van der Waals surface area contributed by atoms with E-state index in [0.29, 0.717) is 6.54 Å². The highest BCUT2D eigenvalue weighted by atomic mass is 16.2. The van der Waals surface area contributed by atoms with Crippen LogP contribution in [0.15, 0.2) is 18.2 Å². The van der Waals surface area contributed by atoms with Crippen LogP contribution in [0.2, 0.25) is 0 Å². The van der Waals surface area contributed by atoms with E-state index in [1.807, 2.05) is 25.1 Å². The van der Waals surface area contributed by atoms with Crippen LogP contribution < -0.4 is 16.4 Å². The first-order chi connectivity index (χ1) is 11.1. The van der Waals surface area contributed by atoms with E-state index in [1.165, 1.54) is 0 Å². The molecule has 2 amide bonds. The van der Waals surface area contributed by atoms with Gasteiger partial charge >= 0.3 is 0 Å². The Balaban J connectivity index is 1.68. The van der Waals surface area contributed by atoms with Crippen LogP contribution in [0.1, 0.15) is 37.7 Å². The fraction of sp³-hybridized carbons (Fsp3) is 0.556. The summed E-state index contributed by atoms with van der Waals surface area (Å²) < 4.78 is 0. The van der Waals surface area contributed by atoms with Gasteiger partial charge in [-0.1, -0.05) is 12.5 Å². The van der Waals surface area contributed by atoms with Crippen molar-refractivity contribution in [1.29, 1.82) is 0 Å². The minimum absolute atomic E-state index is 0.00381. The predicted octanol–water partition coefficient (Wildman–Crippen LogP) is 2.66. The van der Waals surface area contributed by atoms with E-state index >= 15 is 0 Å². The largest absolute Gasteiger partial charge is 0.330 e. The topological polar surface area (TPSA) is 84.2 Å². The zero-order chi connectivity index (χ0) is 16.4. The quantitative estimate of drug-likeness (QED) is 0.781. The summed E-state index contributed by atoms with van der Waals surface area (Å²) in [6.45, 7) is 2.52. The second-order valence-corrected chi connectivity index (χ2v) is 6.82. The highest BCUT2D eigenvalue weighted by molar-refractivity contribution is 5.97. The number of rotatable bonds is 5. The van der Waals surface area contributed by atoms with Gasteiger partial charge < -0.3 is 16.4 Å². The van der Waals surface area contributed by atoms with Gasteiger partial charge in [0.15, 0.2) is 0 Å². The molecule has 0 aliphatic heterocycles. The normalized spacial score (nSPS) is 23.6. The SMILES string of the molecule is Cc1ccc(NC(=O)C2CC2)cc1NC(=O)[C@@H]1CCC[C@@H]1CN. The molecule has 2 fully saturated rings. The molecule has 0 aromatic heterocycles. The molecule has 2 aliphatic rings. The minimum Gasteiger partial charge on any atom is -0.330 e. The van der Waals surface area contributed by atoms with Gasteiger partial charge in [0.25, 0.3) is 0 Å². The van der Waals surface area contributed by atoms with E-state index in [9.17, 15) is 9.59 Å². The second kappa shape index (κ2) is 6.71. The molecule has 0 bridgehead atoms. The maximum atomic E-state index is 12.5. The average molecular weight is 315 g/mol. The zero-order valence-electron chi connectivity index (χ0n) is 13.6. The molecule has 23 heavy (non-hydrogen) atoms. The molecule has 0 saturated heterocycles. The Hall–Kier alpha value is -1.88. The Morgan fingerprint density at radius 2 is 1.91 bits per heavy atom. The van der Waals surface area contributed by atoms with Crippen LogP contribution in [0.4, 0.5) is 11.4 Å². The van der Waals surface area contributed by atoms with Gasteiger partial charge in [0.2, 0.25) is 11.8 Å². The summed E-state index contributed by atoms with van der Waals surface area (Å²) >= 11 is 0. The van der Waals surface area contributed by atoms with Crippen LogP contribution in [0.5, 0.6) is 0 Å². The predicted molar refractivity (Wildman–Crippen MR) is 91.0 cm³/mol. The molecule has 5 heteroatoms. The summed E-state index contributed by atoms with van der Waals surface area (Å²) in [7, 11) is 0. The van der Waals surface area contributed by atoms with Crippen molar-refractivity contribution in [3.63, 3.8) is 0 Å². The molecule has 1 aromatic carbocycles. The Labute approximate surface area is 137 Å². The molecule has 3 rings (SSSR count). The number of carbonyl (C=O) groups is 2. The summed E-state index contributed by atoms with van der Waals surface area (Å²) in [5, 5.41) is 5.95. The van der Waals surface area contributed by atoms with Crippen LogP contribution in [-0.2, 0) is 9.59 Å². The lowest BCUT2D eigenvalue weighted by Crippen LogP contribution is -2.30. The van der Waals surface area contributed by atoms with Crippen molar-refractivity contribution in [3.05, 3.63) is 23.8 Å². The van der Waals surface area contributed by atoms with Gasteiger partial charge in [-0.15, -0.1) is 0 Å². The lowest BCUT2D eigenvalue weighted by molar-refractivity contribution is -0.120. The monoisotopic (exact) mass is 315 g/mol. The number of aryl methyl sites for hydroxylation is 1. The number of amides is 2. The van der Waals surface area contributed by atoms with Gasteiger partial charge in [-0.2, -0.15) is 0 Å². The van der Waals surface area contributed by atoms with E-state index in [1.54, 1.807) is 0 Å². The van der Waals surface area contributed by atoms with Gasteiger partial charge in [0.05, 0.1) is 0 Å². The van der Waals surface area contributed by atoms with Gasteiger partial charge in [0, 0.05) is 23.2 Å². The summed E-state index contributed by atoms with van der Waals surface area (Å²) in [5.74, 6) is 0.576. The highest BCUT2D eigenvalue weighted by Crippen LogP contribution is 2.33. The van der Waals surface area contributed by atoms with Crippen molar-refractivity contribution in [1.82, 2.24) is 0 Å². The van der Waals surface area contributed by atoms with Crippen LogP contribution in [0.3, 0.4) is 0 Å². The number of anilines is 2. The van der Waals surface area contributed by atoms with Crippen molar-refractivity contribution in [2.75, 3.05) is 17.2 Å². The first-order valence-electron chi connectivity index (χ1n) is 8.51. The molecular formula is C18H25N3O2. The zero-order valence-corrected chi connectivity index (χ0v) is 13.6. The molecule has 0 spiro atoms. The Morgan fingerprint density at radius 3 is 2.61 bits per heavy atom. The van der Waals surface area contributed by atoms with E-state index in [2.05, 4.69) is 10.6 Å². The van der Waals surface area contributed by atoms with Gasteiger partial charge in [-0.3, -0.25) is 9.59 Å². The standard InChI is InChI=1S/C18H25N3O2/c1-11-5-8-14(20-17(22)12-6-7-12)9-16(11)21-18(23)15-4-2-3-13(15)10-19/h5,8-9,12-13,15H,2-4,6-7,10,19H2,1H3,(H,20,22)(H,21,23)/t13-,15-/m1/s1. The minimum atomic E-state index is 0.00381. The number of hydrogen-bond acceptors (Lipinski definition) is 3. The van der Waals surface area contributed by atoms with Crippen molar-refractivity contribution in [2.45, 2.75) is 39.0 Å². The van der Waals surface area contributed by atoms with E-state index in [4.69, 9.17) is 5.73 Å². The summed E-state index contributed by atoms with van der Waals surface area (Å²) in [4.78, 5) is 24.4. The molecule has 2 saturated carbocycles. The number of hydrogen-bond donors (Lipinski definition) is 3. The Morgan fingerprint density at radius 1 is 1.13 bits per heavy atom. The molecule has 4 N–H and O–H groups in total. The molecule has 124 valence electrons. The molecule has 5 nitrogen and oxygen atoms in total. The van der Waals surface area contributed by atoms with Crippen LogP contribution in [0.25, 0.3) is 0 Å². The van der Waals surface area contributed by atoms with Crippen LogP contribution in [0, 0.1) is 24.7 Å². The van der Waals surface area contributed by atoms with Gasteiger partial charge in [0.1, 0.15) is 0 Å². The third kappa shape index (κ3) is 3.72. The fourth-order valence-corrected chi connectivity index (χ4v) is 3.31. The first-order valence-corrected chi connectivity index (χ1v) is 8.51. The summed E-state index contributed by atoms with van der Waals surface area (Å²) in [6.07, 6.45) is 4.96. The van der Waals surface area contributed by atoms with Crippen molar-refractivity contribution in [2.24, 2.45) is 23.5 Å².